The van der Waals surface area contributed by atoms with Crippen LogP contribution in [0.15, 0.2) is 45.0 Å². The lowest BCUT2D eigenvalue weighted by Crippen LogP contribution is -2.20. The number of hydrogen-bond acceptors (Lipinski definition) is 5. The second-order valence-corrected chi connectivity index (χ2v) is 6.67. The van der Waals surface area contributed by atoms with E-state index < -0.39 is 10.0 Å². The maximum atomic E-state index is 12.3. The highest BCUT2D eigenvalue weighted by molar-refractivity contribution is 9.10. The third-order valence-electron chi connectivity index (χ3n) is 2.68. The summed E-state index contributed by atoms with van der Waals surface area (Å²) in [6.07, 6.45) is 1.30. The van der Waals surface area contributed by atoms with Crippen molar-refractivity contribution >= 4 is 37.6 Å². The number of sulfonamides is 1. The summed E-state index contributed by atoms with van der Waals surface area (Å²) in [5.74, 6) is -0.134. The van der Waals surface area contributed by atoms with Crippen molar-refractivity contribution in [1.82, 2.24) is 9.78 Å². The first kappa shape index (κ1) is 15.3. The van der Waals surface area contributed by atoms with Gasteiger partial charge < -0.3 is 10.9 Å². The number of aromatic nitrogens is 2. The number of rotatable bonds is 4. The predicted octanol–water partition coefficient (Wildman–Crippen LogP) is 1.08. The summed E-state index contributed by atoms with van der Waals surface area (Å²) in [7, 11) is -2.28. The second kappa shape index (κ2) is 5.74. The average Bonchev–Trinajstić information content (AvgIpc) is 2.79. The highest BCUT2D eigenvalue weighted by Gasteiger charge is 2.20. The summed E-state index contributed by atoms with van der Waals surface area (Å²) in [4.78, 5) is 0.0809. The smallest absolute Gasteiger partial charge is 0.263 e. The van der Waals surface area contributed by atoms with Crippen LogP contribution in [0.2, 0.25) is 0 Å². The molecule has 0 bridgehead atoms. The number of halogens is 1. The van der Waals surface area contributed by atoms with E-state index in [0.29, 0.717) is 0 Å². The Hall–Kier alpha value is -2.07. The molecular formula is C11H12BrN5O3S. The SMILES string of the molecule is Cn1ncc(C(N)=NO)c1NS(=O)(=O)c1ccc(Br)cc1. The van der Waals surface area contributed by atoms with Crippen molar-refractivity contribution in [2.45, 2.75) is 4.90 Å². The molecule has 0 saturated carbocycles. The molecule has 112 valence electrons. The van der Waals surface area contributed by atoms with Crippen LogP contribution in [-0.2, 0) is 17.1 Å². The fraction of sp³-hybridized carbons (Fsp3) is 0.0909. The molecule has 0 spiro atoms. The number of nitrogens with two attached hydrogens (primary N) is 1. The molecule has 1 heterocycles. The van der Waals surface area contributed by atoms with Crippen molar-refractivity contribution in [3.8, 4) is 0 Å². The van der Waals surface area contributed by atoms with Crippen LogP contribution >= 0.6 is 15.9 Å². The quantitative estimate of drug-likeness (QED) is 0.320. The van der Waals surface area contributed by atoms with Gasteiger partial charge in [0.25, 0.3) is 10.0 Å². The van der Waals surface area contributed by atoms with Gasteiger partial charge in [0.05, 0.1) is 16.7 Å². The zero-order valence-corrected chi connectivity index (χ0v) is 13.3. The number of hydrogen-bond donors (Lipinski definition) is 3. The van der Waals surface area contributed by atoms with Gasteiger partial charge in [-0.1, -0.05) is 21.1 Å². The molecule has 2 rings (SSSR count). The van der Waals surface area contributed by atoms with E-state index in [9.17, 15) is 8.42 Å². The zero-order valence-electron chi connectivity index (χ0n) is 10.9. The zero-order chi connectivity index (χ0) is 15.6. The highest BCUT2D eigenvalue weighted by atomic mass is 79.9. The Morgan fingerprint density at radius 3 is 2.62 bits per heavy atom. The Morgan fingerprint density at radius 1 is 1.43 bits per heavy atom. The van der Waals surface area contributed by atoms with E-state index in [-0.39, 0.29) is 22.1 Å². The van der Waals surface area contributed by atoms with Crippen LogP contribution < -0.4 is 10.5 Å². The maximum absolute atomic E-state index is 12.3. The van der Waals surface area contributed by atoms with Crippen LogP contribution in [0.3, 0.4) is 0 Å². The third kappa shape index (κ3) is 3.16. The lowest BCUT2D eigenvalue weighted by atomic mass is 10.3. The number of benzene rings is 1. The molecule has 21 heavy (non-hydrogen) atoms. The lowest BCUT2D eigenvalue weighted by molar-refractivity contribution is 0.318. The Bertz CT molecular complexity index is 783. The highest BCUT2D eigenvalue weighted by Crippen LogP contribution is 2.20. The summed E-state index contributed by atoms with van der Waals surface area (Å²) in [6, 6.07) is 6.13. The molecule has 0 radical (unpaired) electrons. The van der Waals surface area contributed by atoms with Gasteiger partial charge in [-0.05, 0) is 24.3 Å². The molecule has 0 aliphatic rings. The van der Waals surface area contributed by atoms with Gasteiger partial charge >= 0.3 is 0 Å². The molecule has 0 atom stereocenters. The molecule has 1 aromatic heterocycles. The van der Waals surface area contributed by atoms with E-state index in [1.54, 1.807) is 12.1 Å². The molecule has 0 aliphatic heterocycles. The van der Waals surface area contributed by atoms with Crippen LogP contribution in [-0.4, -0.2) is 29.2 Å². The van der Waals surface area contributed by atoms with Gasteiger partial charge in [0, 0.05) is 11.5 Å². The number of anilines is 1. The molecule has 8 nitrogen and oxygen atoms in total. The fourth-order valence-electron chi connectivity index (χ4n) is 1.60. The van der Waals surface area contributed by atoms with Crippen LogP contribution in [0.25, 0.3) is 0 Å². The number of nitrogens with zero attached hydrogens (tertiary/aromatic N) is 3. The Kier molecular flexibility index (Phi) is 4.19. The molecule has 4 N–H and O–H groups in total. The minimum atomic E-state index is -3.81. The Labute approximate surface area is 129 Å². The Morgan fingerprint density at radius 2 is 2.05 bits per heavy atom. The number of aryl methyl sites for hydroxylation is 1. The van der Waals surface area contributed by atoms with Gasteiger partial charge in [-0.2, -0.15) is 5.10 Å². The van der Waals surface area contributed by atoms with Crippen molar-refractivity contribution < 1.29 is 13.6 Å². The first-order valence-corrected chi connectivity index (χ1v) is 7.91. The summed E-state index contributed by atoms with van der Waals surface area (Å²) < 4.78 is 29.0. The number of amidine groups is 1. The minimum absolute atomic E-state index is 0.0809. The summed E-state index contributed by atoms with van der Waals surface area (Å²) in [5.41, 5.74) is 5.67. The molecule has 10 heteroatoms. The molecule has 0 aliphatic carbocycles. The van der Waals surface area contributed by atoms with Crippen molar-refractivity contribution in [2.24, 2.45) is 17.9 Å². The second-order valence-electron chi connectivity index (χ2n) is 4.08. The topological polar surface area (TPSA) is 123 Å². The van der Waals surface area contributed by atoms with Gasteiger partial charge in [0.1, 0.15) is 5.82 Å². The maximum Gasteiger partial charge on any atom is 0.263 e. The van der Waals surface area contributed by atoms with E-state index >= 15 is 0 Å². The summed E-state index contributed by atoms with van der Waals surface area (Å²) in [6.45, 7) is 0. The van der Waals surface area contributed by atoms with Crippen LogP contribution in [0.5, 0.6) is 0 Å². The van der Waals surface area contributed by atoms with E-state index in [2.05, 4.69) is 30.9 Å². The van der Waals surface area contributed by atoms with Gasteiger partial charge in [-0.3, -0.25) is 9.40 Å². The number of nitrogens with one attached hydrogen (secondary N) is 1. The van der Waals surface area contributed by atoms with Crippen molar-refractivity contribution in [3.05, 3.63) is 40.5 Å². The van der Waals surface area contributed by atoms with E-state index in [1.165, 1.54) is 30.1 Å². The molecule has 0 fully saturated rings. The average molecular weight is 374 g/mol. The first-order valence-electron chi connectivity index (χ1n) is 5.63. The molecule has 0 amide bonds. The number of oxime groups is 1. The minimum Gasteiger partial charge on any atom is -0.409 e. The first-order chi connectivity index (χ1) is 9.85. The lowest BCUT2D eigenvalue weighted by Gasteiger charge is -2.10. The van der Waals surface area contributed by atoms with Gasteiger partial charge in [-0.25, -0.2) is 8.42 Å². The van der Waals surface area contributed by atoms with Crippen molar-refractivity contribution in [1.29, 1.82) is 0 Å². The van der Waals surface area contributed by atoms with Gasteiger partial charge in [0.15, 0.2) is 5.84 Å². The molecule has 1 aromatic carbocycles. The molecular weight excluding hydrogens is 362 g/mol. The third-order valence-corrected chi connectivity index (χ3v) is 4.56. The van der Waals surface area contributed by atoms with E-state index in [0.717, 1.165) is 4.47 Å². The molecule has 2 aromatic rings. The Balaban J connectivity index is 2.42. The fourth-order valence-corrected chi connectivity index (χ4v) is 2.97. The molecule has 0 unspecified atom stereocenters. The van der Waals surface area contributed by atoms with Crippen molar-refractivity contribution in [2.75, 3.05) is 4.72 Å². The van der Waals surface area contributed by atoms with Crippen LogP contribution in [0.4, 0.5) is 5.82 Å². The van der Waals surface area contributed by atoms with Crippen LogP contribution in [0, 0.1) is 0 Å². The van der Waals surface area contributed by atoms with Gasteiger partial charge in [-0.15, -0.1) is 0 Å². The molecule has 0 saturated heterocycles. The van der Waals surface area contributed by atoms with Crippen molar-refractivity contribution in [3.63, 3.8) is 0 Å². The normalized spacial score (nSPS) is 12.4. The summed E-state index contributed by atoms with van der Waals surface area (Å²) in [5, 5.41) is 15.4. The van der Waals surface area contributed by atoms with Gasteiger partial charge in [0.2, 0.25) is 0 Å². The van der Waals surface area contributed by atoms with E-state index in [4.69, 9.17) is 10.9 Å². The van der Waals surface area contributed by atoms with Crippen LogP contribution in [0.1, 0.15) is 5.56 Å². The monoisotopic (exact) mass is 373 g/mol. The standard InChI is InChI=1S/C11H12BrN5O3S/c1-17-11(9(6-14-17)10(13)15-18)16-21(19,20)8-4-2-7(12)3-5-8/h2-6,16,18H,1H3,(H2,13,15). The predicted molar refractivity (Wildman–Crippen MR) is 80.7 cm³/mol. The van der Waals surface area contributed by atoms with E-state index in [1.807, 2.05) is 0 Å². The largest absolute Gasteiger partial charge is 0.409 e. The summed E-state index contributed by atoms with van der Waals surface area (Å²) >= 11 is 3.24.